The first-order valence-electron chi connectivity index (χ1n) is 6.46. The van der Waals surface area contributed by atoms with E-state index < -0.39 is 0 Å². The number of hydrogen-bond donors (Lipinski definition) is 1. The van der Waals surface area contributed by atoms with Gasteiger partial charge in [0.15, 0.2) is 0 Å². The van der Waals surface area contributed by atoms with Crippen LogP contribution in [0.3, 0.4) is 0 Å². The Kier molecular flexibility index (Phi) is 3.34. The molecule has 0 aromatic carbocycles. The van der Waals surface area contributed by atoms with Crippen molar-refractivity contribution < 1.29 is 0 Å². The molecule has 2 aliphatic heterocycles. The second kappa shape index (κ2) is 4.94. The summed E-state index contributed by atoms with van der Waals surface area (Å²) in [6.07, 6.45) is 5.34. The van der Waals surface area contributed by atoms with Gasteiger partial charge in [-0.15, -0.1) is 0 Å². The number of piperidine rings is 1. The summed E-state index contributed by atoms with van der Waals surface area (Å²) in [4.78, 5) is 7.10. The fraction of sp³-hybridized carbons (Fsp3) is 0.615. The molecule has 2 unspecified atom stereocenters. The Hall–Kier alpha value is -0.610. The molecule has 4 heteroatoms. The van der Waals surface area contributed by atoms with Crippen molar-refractivity contribution in [3.05, 3.63) is 22.8 Å². The highest BCUT2D eigenvalue weighted by Crippen LogP contribution is 2.29. The number of aromatic nitrogens is 1. The van der Waals surface area contributed by atoms with Crippen molar-refractivity contribution in [2.24, 2.45) is 0 Å². The Labute approximate surface area is 111 Å². The lowest BCUT2D eigenvalue weighted by Gasteiger charge is -2.32. The van der Waals surface area contributed by atoms with Gasteiger partial charge in [0, 0.05) is 18.6 Å². The molecule has 0 amide bonds. The predicted molar refractivity (Wildman–Crippen MR) is 73.2 cm³/mol. The van der Waals surface area contributed by atoms with Gasteiger partial charge in [-0.1, -0.05) is 12.5 Å². The van der Waals surface area contributed by atoms with Gasteiger partial charge < -0.3 is 5.32 Å². The Balaban J connectivity index is 1.69. The van der Waals surface area contributed by atoms with Crippen molar-refractivity contribution in [2.75, 3.05) is 18.4 Å². The molecule has 3 heterocycles. The summed E-state index contributed by atoms with van der Waals surface area (Å²) < 4.78 is 0.904. The average molecular weight is 296 g/mol. The van der Waals surface area contributed by atoms with Crippen LogP contribution in [0, 0.1) is 0 Å². The van der Waals surface area contributed by atoms with Gasteiger partial charge in [-0.2, -0.15) is 0 Å². The van der Waals surface area contributed by atoms with Gasteiger partial charge in [-0.3, -0.25) is 4.90 Å². The number of nitrogens with zero attached hydrogens (tertiary/aromatic N) is 2. The SMILES string of the molecule is Brc1cccc(NC2CCN3CCCCC23)n1. The zero-order valence-electron chi connectivity index (χ0n) is 9.90. The van der Waals surface area contributed by atoms with Crippen molar-refractivity contribution in [3.63, 3.8) is 0 Å². The van der Waals surface area contributed by atoms with E-state index in [2.05, 4.69) is 37.2 Å². The van der Waals surface area contributed by atoms with E-state index in [9.17, 15) is 0 Å². The minimum absolute atomic E-state index is 0.581. The highest BCUT2D eigenvalue weighted by atomic mass is 79.9. The van der Waals surface area contributed by atoms with Crippen molar-refractivity contribution in [1.82, 2.24) is 9.88 Å². The molecule has 0 radical (unpaired) electrons. The molecule has 3 rings (SSSR count). The molecule has 92 valence electrons. The number of fused-ring (bicyclic) bond motifs is 1. The summed E-state index contributed by atoms with van der Waals surface area (Å²) in [6.45, 7) is 2.53. The Morgan fingerprint density at radius 3 is 3.06 bits per heavy atom. The molecule has 2 atom stereocenters. The summed E-state index contributed by atoms with van der Waals surface area (Å²) in [5, 5.41) is 3.60. The zero-order chi connectivity index (χ0) is 11.7. The van der Waals surface area contributed by atoms with Gasteiger partial charge in [-0.05, 0) is 53.9 Å². The van der Waals surface area contributed by atoms with Gasteiger partial charge in [0.25, 0.3) is 0 Å². The smallest absolute Gasteiger partial charge is 0.127 e. The summed E-state index contributed by atoms with van der Waals surface area (Å²) in [5.41, 5.74) is 0. The summed E-state index contributed by atoms with van der Waals surface area (Å²) in [6, 6.07) is 7.36. The monoisotopic (exact) mass is 295 g/mol. The maximum atomic E-state index is 4.46. The van der Waals surface area contributed by atoms with Gasteiger partial charge in [-0.25, -0.2) is 4.98 Å². The highest BCUT2D eigenvalue weighted by molar-refractivity contribution is 9.10. The number of nitrogens with one attached hydrogen (secondary N) is 1. The predicted octanol–water partition coefficient (Wildman–Crippen LogP) is 2.88. The molecule has 2 saturated heterocycles. The second-order valence-corrected chi connectivity index (χ2v) is 5.80. The van der Waals surface area contributed by atoms with Crippen LogP contribution in [0.1, 0.15) is 25.7 Å². The normalized spacial score (nSPS) is 29.0. The molecule has 1 aromatic rings. The first-order valence-corrected chi connectivity index (χ1v) is 7.25. The van der Waals surface area contributed by atoms with Crippen LogP contribution in [-0.2, 0) is 0 Å². The van der Waals surface area contributed by atoms with Crippen molar-refractivity contribution in [3.8, 4) is 0 Å². The number of rotatable bonds is 2. The van der Waals surface area contributed by atoms with Crippen LogP contribution in [0.4, 0.5) is 5.82 Å². The molecule has 0 aliphatic carbocycles. The molecule has 0 bridgehead atoms. The number of hydrogen-bond acceptors (Lipinski definition) is 3. The third-order valence-corrected chi connectivity index (χ3v) is 4.35. The first kappa shape index (κ1) is 11.5. The fourth-order valence-electron chi connectivity index (χ4n) is 3.09. The first-order chi connectivity index (χ1) is 8.33. The maximum Gasteiger partial charge on any atom is 0.127 e. The molecule has 2 fully saturated rings. The third-order valence-electron chi connectivity index (χ3n) is 3.90. The van der Waals surface area contributed by atoms with Gasteiger partial charge in [0.05, 0.1) is 0 Å². The maximum absolute atomic E-state index is 4.46. The fourth-order valence-corrected chi connectivity index (χ4v) is 3.44. The van der Waals surface area contributed by atoms with E-state index in [0.717, 1.165) is 16.5 Å². The van der Waals surface area contributed by atoms with Crippen molar-refractivity contribution in [2.45, 2.75) is 37.8 Å². The van der Waals surface area contributed by atoms with Crippen molar-refractivity contribution >= 4 is 21.7 Å². The van der Waals surface area contributed by atoms with Gasteiger partial charge in [0.2, 0.25) is 0 Å². The second-order valence-electron chi connectivity index (χ2n) is 4.98. The lowest BCUT2D eigenvalue weighted by Crippen LogP contribution is -2.41. The summed E-state index contributed by atoms with van der Waals surface area (Å²) in [7, 11) is 0. The zero-order valence-corrected chi connectivity index (χ0v) is 11.5. The summed E-state index contributed by atoms with van der Waals surface area (Å²) in [5.74, 6) is 0.997. The Bertz CT molecular complexity index is 396. The molecule has 0 saturated carbocycles. The van der Waals surface area contributed by atoms with E-state index in [0.29, 0.717) is 6.04 Å². The molecule has 1 aromatic heterocycles. The van der Waals surface area contributed by atoms with Crippen LogP contribution >= 0.6 is 15.9 Å². The van der Waals surface area contributed by atoms with E-state index >= 15 is 0 Å². The minimum Gasteiger partial charge on any atom is -0.366 e. The topological polar surface area (TPSA) is 28.2 Å². The Morgan fingerprint density at radius 1 is 1.24 bits per heavy atom. The molecule has 17 heavy (non-hydrogen) atoms. The van der Waals surface area contributed by atoms with Crippen LogP contribution in [0.2, 0.25) is 0 Å². The average Bonchev–Trinajstić information content (AvgIpc) is 2.73. The van der Waals surface area contributed by atoms with E-state index in [1.165, 1.54) is 38.8 Å². The highest BCUT2D eigenvalue weighted by Gasteiger charge is 2.35. The van der Waals surface area contributed by atoms with E-state index in [4.69, 9.17) is 0 Å². The lowest BCUT2D eigenvalue weighted by atomic mass is 9.99. The number of halogens is 1. The lowest BCUT2D eigenvalue weighted by molar-refractivity contribution is 0.192. The van der Waals surface area contributed by atoms with E-state index in [-0.39, 0.29) is 0 Å². The van der Waals surface area contributed by atoms with Crippen LogP contribution < -0.4 is 5.32 Å². The van der Waals surface area contributed by atoms with Crippen LogP contribution in [0.15, 0.2) is 22.8 Å². The van der Waals surface area contributed by atoms with Crippen molar-refractivity contribution in [1.29, 1.82) is 0 Å². The van der Waals surface area contributed by atoms with Crippen LogP contribution in [0.25, 0.3) is 0 Å². The van der Waals surface area contributed by atoms with E-state index in [1.54, 1.807) is 0 Å². The van der Waals surface area contributed by atoms with Crippen LogP contribution in [-0.4, -0.2) is 35.1 Å². The number of pyridine rings is 1. The minimum atomic E-state index is 0.581. The summed E-state index contributed by atoms with van der Waals surface area (Å²) >= 11 is 3.42. The van der Waals surface area contributed by atoms with Gasteiger partial charge >= 0.3 is 0 Å². The molecule has 2 aliphatic rings. The van der Waals surface area contributed by atoms with Crippen LogP contribution in [0.5, 0.6) is 0 Å². The molecule has 3 nitrogen and oxygen atoms in total. The molecule has 1 N–H and O–H groups in total. The molecular formula is C13H18BrN3. The van der Waals surface area contributed by atoms with Gasteiger partial charge in [0.1, 0.15) is 10.4 Å². The Morgan fingerprint density at radius 2 is 2.18 bits per heavy atom. The molecule has 0 spiro atoms. The standard InChI is InChI=1S/C13H18BrN3/c14-12-5-3-6-13(16-12)15-10-7-9-17-8-2-1-4-11(10)17/h3,5-6,10-11H,1-2,4,7-9H2,(H,15,16). The number of anilines is 1. The molecular weight excluding hydrogens is 278 g/mol. The van der Waals surface area contributed by atoms with E-state index in [1.807, 2.05) is 12.1 Å². The third kappa shape index (κ3) is 2.47. The largest absolute Gasteiger partial charge is 0.366 e. The quantitative estimate of drug-likeness (QED) is 0.851.